The number of likely N-dealkylation sites (tertiary alicyclic amines) is 1. The van der Waals surface area contributed by atoms with Crippen molar-refractivity contribution < 1.29 is 9.21 Å². The van der Waals surface area contributed by atoms with E-state index in [1.165, 1.54) is 0 Å². The summed E-state index contributed by atoms with van der Waals surface area (Å²) in [6.07, 6.45) is 1.72. The van der Waals surface area contributed by atoms with Gasteiger partial charge in [-0.2, -0.15) is 0 Å². The summed E-state index contributed by atoms with van der Waals surface area (Å²) >= 11 is 6.88. The van der Waals surface area contributed by atoms with Gasteiger partial charge in [0.2, 0.25) is 0 Å². The van der Waals surface area contributed by atoms with E-state index in [9.17, 15) is 4.79 Å². The Morgan fingerprint density at radius 3 is 2.65 bits per heavy atom. The summed E-state index contributed by atoms with van der Waals surface area (Å²) in [7, 11) is 0. The van der Waals surface area contributed by atoms with Gasteiger partial charge in [-0.3, -0.25) is 9.69 Å². The number of nitrogens with zero attached hydrogens (tertiary/aromatic N) is 3. The number of hydrogen-bond acceptors (Lipinski definition) is 6. The van der Waals surface area contributed by atoms with E-state index >= 15 is 0 Å². The molecule has 0 saturated carbocycles. The predicted octanol–water partition coefficient (Wildman–Crippen LogP) is 4.49. The number of Topliss-reactive ketones (excluding diaryl/α,β-unsaturated/α-hetero) is 1. The van der Waals surface area contributed by atoms with Crippen LogP contribution >= 0.6 is 23.6 Å². The summed E-state index contributed by atoms with van der Waals surface area (Å²) in [6.45, 7) is 2.30. The Bertz CT molecular complexity index is 923. The number of carbonyl (C=O) groups is 1. The van der Waals surface area contributed by atoms with E-state index in [-0.39, 0.29) is 11.7 Å². The Labute approximate surface area is 160 Å². The van der Waals surface area contributed by atoms with E-state index in [1.54, 1.807) is 16.0 Å². The fourth-order valence-corrected chi connectivity index (χ4v) is 4.08. The normalized spacial score (nSPS) is 16.0. The third kappa shape index (κ3) is 3.70. The minimum absolute atomic E-state index is 0.0978. The Hall–Kier alpha value is -2.09. The van der Waals surface area contributed by atoms with Crippen LogP contribution in [0.25, 0.3) is 10.8 Å². The molecule has 1 aromatic carbocycles. The molecule has 0 amide bonds. The summed E-state index contributed by atoms with van der Waals surface area (Å²) in [5.41, 5.74) is 0.810. The number of hydrogen-bond donors (Lipinski definition) is 0. The minimum Gasteiger partial charge on any atom is -0.408 e. The van der Waals surface area contributed by atoms with E-state index in [1.807, 2.05) is 47.8 Å². The van der Waals surface area contributed by atoms with Gasteiger partial charge in [-0.1, -0.05) is 36.4 Å². The first-order chi connectivity index (χ1) is 12.7. The van der Waals surface area contributed by atoms with Gasteiger partial charge in [-0.25, -0.2) is 4.68 Å². The molecular weight excluding hydrogens is 366 g/mol. The lowest BCUT2D eigenvalue weighted by Crippen LogP contribution is -2.37. The molecule has 134 valence electrons. The summed E-state index contributed by atoms with van der Waals surface area (Å²) in [5, 5.41) is 6.48. The molecule has 0 bridgehead atoms. The molecule has 0 radical (unpaired) electrons. The van der Waals surface area contributed by atoms with Crippen LogP contribution in [0.3, 0.4) is 0 Å². The van der Waals surface area contributed by atoms with Gasteiger partial charge in [0.15, 0.2) is 5.78 Å². The molecule has 0 unspecified atom stereocenters. The van der Waals surface area contributed by atoms with Crippen molar-refractivity contribution >= 4 is 29.3 Å². The van der Waals surface area contributed by atoms with Crippen LogP contribution < -0.4 is 0 Å². The lowest BCUT2D eigenvalue weighted by Gasteiger charge is -2.30. The summed E-state index contributed by atoms with van der Waals surface area (Å²) in [5.74, 6) is 0.919. The van der Waals surface area contributed by atoms with Crippen molar-refractivity contribution in [2.45, 2.75) is 19.5 Å². The molecule has 3 heterocycles. The first-order valence-electron chi connectivity index (χ1n) is 8.64. The second-order valence-electron chi connectivity index (χ2n) is 6.41. The Morgan fingerprint density at radius 2 is 1.96 bits per heavy atom. The van der Waals surface area contributed by atoms with Crippen molar-refractivity contribution in [2.75, 3.05) is 13.1 Å². The molecule has 7 heteroatoms. The maximum Gasteiger partial charge on any atom is 0.288 e. The molecule has 2 aromatic heterocycles. The topological polar surface area (TPSA) is 51.3 Å². The highest BCUT2D eigenvalue weighted by Crippen LogP contribution is 2.25. The van der Waals surface area contributed by atoms with E-state index < -0.39 is 0 Å². The van der Waals surface area contributed by atoms with Crippen molar-refractivity contribution in [2.24, 2.45) is 5.92 Å². The highest BCUT2D eigenvalue weighted by atomic mass is 32.1. The highest BCUT2D eigenvalue weighted by molar-refractivity contribution is 7.71. The zero-order valence-corrected chi connectivity index (χ0v) is 15.8. The van der Waals surface area contributed by atoms with Gasteiger partial charge in [0.1, 0.15) is 0 Å². The molecule has 0 spiro atoms. The van der Waals surface area contributed by atoms with Crippen molar-refractivity contribution in [1.82, 2.24) is 14.7 Å². The zero-order valence-electron chi connectivity index (χ0n) is 14.2. The van der Waals surface area contributed by atoms with Crippen LogP contribution in [-0.4, -0.2) is 33.6 Å². The van der Waals surface area contributed by atoms with Crippen molar-refractivity contribution in [3.05, 3.63) is 58.2 Å². The molecule has 0 aliphatic carbocycles. The van der Waals surface area contributed by atoms with Gasteiger partial charge < -0.3 is 4.42 Å². The summed E-state index contributed by atoms with van der Waals surface area (Å²) < 4.78 is 7.34. The number of rotatable bonds is 5. The van der Waals surface area contributed by atoms with Gasteiger partial charge in [0.05, 0.1) is 11.5 Å². The van der Waals surface area contributed by atoms with Crippen LogP contribution in [0, 0.1) is 10.8 Å². The molecule has 1 fully saturated rings. The first kappa shape index (κ1) is 17.3. The van der Waals surface area contributed by atoms with Crippen LogP contribution in [-0.2, 0) is 6.67 Å². The fraction of sp³-hybridized carbons (Fsp3) is 0.316. The number of benzene rings is 1. The summed E-state index contributed by atoms with van der Waals surface area (Å²) in [4.78, 5) is 16.2. The Morgan fingerprint density at radius 1 is 1.19 bits per heavy atom. The largest absolute Gasteiger partial charge is 0.408 e. The SMILES string of the molecule is O=C(c1ccccc1)C1CCN(Cn2nc(-c3cccs3)oc2=S)CC1. The molecule has 5 nitrogen and oxygen atoms in total. The number of thiophene rings is 1. The van der Waals surface area contributed by atoms with Crippen LogP contribution in [0.2, 0.25) is 0 Å². The fourth-order valence-electron chi connectivity index (χ4n) is 3.26. The van der Waals surface area contributed by atoms with E-state index in [2.05, 4.69) is 10.00 Å². The first-order valence-corrected chi connectivity index (χ1v) is 9.93. The van der Waals surface area contributed by atoms with Crippen molar-refractivity contribution in [3.8, 4) is 10.8 Å². The third-order valence-corrected chi connectivity index (χ3v) is 5.84. The van der Waals surface area contributed by atoms with Crippen molar-refractivity contribution in [3.63, 3.8) is 0 Å². The second kappa shape index (κ2) is 7.65. The van der Waals surface area contributed by atoms with Crippen molar-refractivity contribution in [1.29, 1.82) is 0 Å². The van der Waals surface area contributed by atoms with Gasteiger partial charge in [0.25, 0.3) is 10.7 Å². The molecule has 3 aromatic rings. The average molecular weight is 386 g/mol. The van der Waals surface area contributed by atoms with E-state index in [0.29, 0.717) is 17.4 Å². The molecule has 0 N–H and O–H groups in total. The number of ketones is 1. The lowest BCUT2D eigenvalue weighted by molar-refractivity contribution is 0.0802. The Kier molecular flexibility index (Phi) is 5.10. The molecule has 4 rings (SSSR count). The lowest BCUT2D eigenvalue weighted by atomic mass is 9.89. The quantitative estimate of drug-likeness (QED) is 0.478. The predicted molar refractivity (Wildman–Crippen MR) is 104 cm³/mol. The van der Waals surface area contributed by atoms with Crippen LogP contribution in [0.4, 0.5) is 0 Å². The molecule has 1 saturated heterocycles. The van der Waals surface area contributed by atoms with Crippen LogP contribution in [0.1, 0.15) is 23.2 Å². The number of carbonyl (C=O) groups excluding carboxylic acids is 1. The summed E-state index contributed by atoms with van der Waals surface area (Å²) in [6, 6.07) is 13.5. The number of piperidine rings is 1. The monoisotopic (exact) mass is 385 g/mol. The zero-order chi connectivity index (χ0) is 17.9. The third-order valence-electron chi connectivity index (χ3n) is 4.69. The van der Waals surface area contributed by atoms with E-state index in [4.69, 9.17) is 16.6 Å². The Balaban J connectivity index is 1.37. The van der Waals surface area contributed by atoms with Crippen LogP contribution in [0.5, 0.6) is 0 Å². The molecular formula is C19H19N3O2S2. The molecule has 26 heavy (non-hydrogen) atoms. The molecule has 1 aliphatic heterocycles. The smallest absolute Gasteiger partial charge is 0.288 e. The maximum absolute atomic E-state index is 12.6. The standard InChI is InChI=1S/C19H19N3O2S2/c23-17(14-5-2-1-3-6-14)15-8-10-21(11-9-15)13-22-19(25)24-18(20-22)16-7-4-12-26-16/h1-7,12,15H,8-11,13H2. The van der Waals surface area contributed by atoms with E-state index in [0.717, 1.165) is 36.4 Å². The molecule has 1 aliphatic rings. The number of aromatic nitrogens is 2. The highest BCUT2D eigenvalue weighted by Gasteiger charge is 2.26. The van der Waals surface area contributed by atoms with Crippen LogP contribution in [0.15, 0.2) is 52.3 Å². The minimum atomic E-state index is 0.0978. The van der Waals surface area contributed by atoms with Gasteiger partial charge >= 0.3 is 0 Å². The second-order valence-corrected chi connectivity index (χ2v) is 7.71. The average Bonchev–Trinajstić information content (AvgIpc) is 3.33. The van der Waals surface area contributed by atoms with Gasteiger partial charge in [0, 0.05) is 24.6 Å². The maximum atomic E-state index is 12.6. The molecule has 0 atom stereocenters. The van der Waals surface area contributed by atoms with Gasteiger partial charge in [-0.05, 0) is 36.5 Å². The van der Waals surface area contributed by atoms with Gasteiger partial charge in [-0.15, -0.1) is 16.4 Å².